The Morgan fingerprint density at radius 1 is 1.30 bits per heavy atom. The summed E-state index contributed by atoms with van der Waals surface area (Å²) in [5.74, 6) is -0.691. The fourth-order valence-corrected chi connectivity index (χ4v) is 3.47. The minimum absolute atomic E-state index is 0.181. The quantitative estimate of drug-likeness (QED) is 0.596. The minimum atomic E-state index is -0.675. The molecule has 0 saturated carbocycles. The van der Waals surface area contributed by atoms with Crippen molar-refractivity contribution < 1.29 is 14.5 Å². The van der Waals surface area contributed by atoms with Crippen LogP contribution in [-0.4, -0.2) is 64.1 Å². The number of amides is 1. The molecule has 1 amide bonds. The molecule has 0 unspecified atom stereocenters. The van der Waals surface area contributed by atoms with Gasteiger partial charge in [0.25, 0.3) is 5.91 Å². The minimum Gasteiger partial charge on any atom is -0.475 e. The van der Waals surface area contributed by atoms with Gasteiger partial charge in [-0.3, -0.25) is 24.9 Å². The number of hydrogen-bond donors (Lipinski definition) is 1. The first-order valence-electron chi connectivity index (χ1n) is 8.13. The van der Waals surface area contributed by atoms with Crippen molar-refractivity contribution in [3.63, 3.8) is 0 Å². The highest BCUT2D eigenvalue weighted by Crippen LogP contribution is 2.29. The monoisotopic (exact) mass is 413 g/mol. The number of halogens is 2. The molecule has 1 saturated heterocycles. The van der Waals surface area contributed by atoms with Crippen LogP contribution in [0.5, 0.6) is 5.88 Å². The van der Waals surface area contributed by atoms with Gasteiger partial charge in [-0.05, 0) is 12.1 Å². The topological polar surface area (TPSA) is 105 Å². The van der Waals surface area contributed by atoms with Crippen LogP contribution in [0.1, 0.15) is 16.1 Å². The molecular formula is C16H17Cl2N5O4. The molecule has 1 aliphatic heterocycles. The number of carbonyl (C=O) groups is 1. The van der Waals surface area contributed by atoms with Gasteiger partial charge < -0.3 is 9.64 Å². The third-order valence-electron chi connectivity index (χ3n) is 4.40. The number of methoxy groups -OCH3 is 1. The van der Waals surface area contributed by atoms with Crippen LogP contribution in [0.25, 0.3) is 0 Å². The maximum atomic E-state index is 12.7. The number of nitro groups is 1. The normalized spacial score (nSPS) is 15.0. The summed E-state index contributed by atoms with van der Waals surface area (Å²) < 4.78 is 4.84. The molecule has 1 N–H and O–H groups in total. The van der Waals surface area contributed by atoms with E-state index < -0.39 is 16.5 Å². The summed E-state index contributed by atoms with van der Waals surface area (Å²) in [5, 5.41) is 18.5. The molecule has 0 bridgehead atoms. The lowest BCUT2D eigenvalue weighted by molar-refractivity contribution is -0.386. The van der Waals surface area contributed by atoms with Gasteiger partial charge in [-0.25, -0.2) is 0 Å². The van der Waals surface area contributed by atoms with Gasteiger partial charge in [-0.15, -0.1) is 5.10 Å². The van der Waals surface area contributed by atoms with E-state index in [-0.39, 0.29) is 11.6 Å². The number of nitrogens with one attached hydrogen (secondary N) is 1. The standard InChI is InChI=1S/C16H17Cl2N5O4/c1-27-15-14(23(25)26)13(19-20-15)16(24)22-7-5-21(6-8-22)9-10-11(17)3-2-4-12(10)18/h2-4H,5-9H2,1H3,(H,19,20). The maximum absolute atomic E-state index is 12.7. The van der Waals surface area contributed by atoms with Gasteiger partial charge in [0.2, 0.25) is 5.69 Å². The second kappa shape index (κ2) is 8.12. The van der Waals surface area contributed by atoms with Gasteiger partial charge in [-0.1, -0.05) is 29.3 Å². The van der Waals surface area contributed by atoms with Crippen LogP contribution in [0.4, 0.5) is 5.69 Å². The second-order valence-corrected chi connectivity index (χ2v) is 6.80. The Bertz CT molecular complexity index is 844. The maximum Gasteiger partial charge on any atom is 0.362 e. The van der Waals surface area contributed by atoms with E-state index in [1.165, 1.54) is 7.11 Å². The molecule has 144 valence electrons. The first kappa shape index (κ1) is 19.4. The number of piperazine rings is 1. The van der Waals surface area contributed by atoms with Crippen molar-refractivity contribution in [2.75, 3.05) is 33.3 Å². The number of rotatable bonds is 5. The van der Waals surface area contributed by atoms with Crippen LogP contribution in [-0.2, 0) is 6.54 Å². The zero-order chi connectivity index (χ0) is 19.6. The lowest BCUT2D eigenvalue weighted by Gasteiger charge is -2.34. The van der Waals surface area contributed by atoms with Crippen molar-refractivity contribution in [1.29, 1.82) is 0 Å². The van der Waals surface area contributed by atoms with E-state index in [1.807, 2.05) is 0 Å². The van der Waals surface area contributed by atoms with Crippen LogP contribution in [0.15, 0.2) is 18.2 Å². The van der Waals surface area contributed by atoms with Gasteiger partial charge in [0.1, 0.15) is 0 Å². The predicted molar refractivity (Wildman–Crippen MR) is 99.4 cm³/mol. The van der Waals surface area contributed by atoms with Gasteiger partial charge in [0, 0.05) is 48.3 Å². The summed E-state index contributed by atoms with van der Waals surface area (Å²) in [6, 6.07) is 5.36. The Morgan fingerprint density at radius 3 is 2.48 bits per heavy atom. The van der Waals surface area contributed by atoms with Gasteiger partial charge in [0.05, 0.1) is 12.0 Å². The third kappa shape index (κ3) is 4.00. The number of H-pyrrole nitrogens is 1. The summed E-state index contributed by atoms with van der Waals surface area (Å²) in [6.45, 7) is 2.58. The lowest BCUT2D eigenvalue weighted by Crippen LogP contribution is -2.48. The summed E-state index contributed by atoms with van der Waals surface area (Å²) in [4.78, 5) is 26.9. The highest BCUT2D eigenvalue weighted by molar-refractivity contribution is 6.35. The van der Waals surface area contributed by atoms with E-state index >= 15 is 0 Å². The zero-order valence-electron chi connectivity index (χ0n) is 14.4. The molecule has 11 heteroatoms. The Labute approximate surface area is 164 Å². The van der Waals surface area contributed by atoms with Crippen molar-refractivity contribution >= 4 is 34.8 Å². The van der Waals surface area contributed by atoms with E-state index in [4.69, 9.17) is 27.9 Å². The van der Waals surface area contributed by atoms with Crippen LogP contribution in [0.3, 0.4) is 0 Å². The largest absolute Gasteiger partial charge is 0.475 e. The van der Waals surface area contributed by atoms with E-state index in [0.717, 1.165) is 5.56 Å². The second-order valence-electron chi connectivity index (χ2n) is 5.98. The smallest absolute Gasteiger partial charge is 0.362 e. The zero-order valence-corrected chi connectivity index (χ0v) is 16.0. The van der Waals surface area contributed by atoms with Crippen molar-refractivity contribution in [2.24, 2.45) is 0 Å². The molecule has 0 aliphatic carbocycles. The Hall–Kier alpha value is -2.36. The molecular weight excluding hydrogens is 397 g/mol. The molecule has 2 heterocycles. The summed E-state index contributed by atoms with van der Waals surface area (Å²) >= 11 is 12.4. The Balaban J connectivity index is 1.67. The average Bonchev–Trinajstić information content (AvgIpc) is 3.09. The predicted octanol–water partition coefficient (Wildman–Crippen LogP) is 2.59. The fraction of sp³-hybridized carbons (Fsp3) is 0.375. The number of carbonyl (C=O) groups excluding carboxylic acids is 1. The summed E-state index contributed by atoms with van der Waals surface area (Å²) in [7, 11) is 1.26. The van der Waals surface area contributed by atoms with Crippen LogP contribution < -0.4 is 4.74 Å². The molecule has 2 aromatic rings. The van der Waals surface area contributed by atoms with Crippen LogP contribution >= 0.6 is 23.2 Å². The van der Waals surface area contributed by atoms with E-state index in [2.05, 4.69) is 15.1 Å². The summed E-state index contributed by atoms with van der Waals surface area (Å²) in [6.07, 6.45) is 0. The van der Waals surface area contributed by atoms with Gasteiger partial charge in [0.15, 0.2) is 0 Å². The molecule has 0 spiro atoms. The van der Waals surface area contributed by atoms with E-state index in [9.17, 15) is 14.9 Å². The number of benzene rings is 1. The molecule has 9 nitrogen and oxygen atoms in total. The summed E-state index contributed by atoms with van der Waals surface area (Å²) in [5.41, 5.74) is 0.210. The SMILES string of the molecule is COc1n[nH]c(C(=O)N2CCN(Cc3c(Cl)cccc3Cl)CC2)c1[N+](=O)[O-]. The van der Waals surface area contributed by atoms with E-state index in [0.29, 0.717) is 42.8 Å². The highest BCUT2D eigenvalue weighted by atomic mass is 35.5. The Morgan fingerprint density at radius 2 is 1.93 bits per heavy atom. The Kier molecular flexibility index (Phi) is 5.83. The van der Waals surface area contributed by atoms with Crippen LogP contribution in [0, 0.1) is 10.1 Å². The number of aromatic amines is 1. The third-order valence-corrected chi connectivity index (χ3v) is 5.11. The molecule has 0 radical (unpaired) electrons. The van der Waals surface area contributed by atoms with Crippen molar-refractivity contribution in [3.8, 4) is 5.88 Å². The van der Waals surface area contributed by atoms with Gasteiger partial charge in [-0.2, -0.15) is 0 Å². The number of ether oxygens (including phenoxy) is 1. The first-order valence-corrected chi connectivity index (χ1v) is 8.89. The molecule has 1 fully saturated rings. The molecule has 1 aliphatic rings. The van der Waals surface area contributed by atoms with Crippen LogP contribution in [0.2, 0.25) is 10.0 Å². The average molecular weight is 414 g/mol. The highest BCUT2D eigenvalue weighted by Gasteiger charge is 2.34. The lowest BCUT2D eigenvalue weighted by atomic mass is 10.2. The van der Waals surface area contributed by atoms with Crippen molar-refractivity contribution in [2.45, 2.75) is 6.54 Å². The molecule has 27 heavy (non-hydrogen) atoms. The molecule has 0 atom stereocenters. The van der Waals surface area contributed by atoms with Crippen molar-refractivity contribution in [3.05, 3.63) is 49.6 Å². The van der Waals surface area contributed by atoms with Gasteiger partial charge >= 0.3 is 11.6 Å². The molecule has 3 rings (SSSR count). The number of hydrogen-bond acceptors (Lipinski definition) is 6. The van der Waals surface area contributed by atoms with Crippen molar-refractivity contribution in [1.82, 2.24) is 20.0 Å². The first-order chi connectivity index (χ1) is 12.9. The number of aromatic nitrogens is 2. The number of nitrogens with zero attached hydrogens (tertiary/aromatic N) is 4. The molecule has 1 aromatic heterocycles. The van der Waals surface area contributed by atoms with E-state index in [1.54, 1.807) is 23.1 Å². The molecule has 1 aromatic carbocycles. The fourth-order valence-electron chi connectivity index (χ4n) is 2.95.